The highest BCUT2D eigenvalue weighted by Crippen LogP contribution is 2.40. The number of nitrogens with zero attached hydrogens (tertiary/aromatic N) is 3. The highest BCUT2D eigenvalue weighted by atomic mass is 35.5. The summed E-state index contributed by atoms with van der Waals surface area (Å²) in [6, 6.07) is 9.78. The third kappa shape index (κ3) is 5.26. The lowest BCUT2D eigenvalue weighted by atomic mass is 9.92. The zero-order valence-corrected chi connectivity index (χ0v) is 15.9. The van der Waals surface area contributed by atoms with Crippen LogP contribution >= 0.6 is 11.6 Å². The molecule has 2 aromatic carbocycles. The van der Waals surface area contributed by atoms with Gasteiger partial charge in [0.1, 0.15) is 24.2 Å². The van der Waals surface area contributed by atoms with Crippen LogP contribution in [0.15, 0.2) is 55.1 Å². The number of hydrogen-bond donors (Lipinski definition) is 1. The molecule has 0 radical (unpaired) electrons. The van der Waals surface area contributed by atoms with Crippen LogP contribution in [0.25, 0.3) is 0 Å². The Morgan fingerprint density at radius 1 is 1.14 bits per heavy atom. The van der Waals surface area contributed by atoms with Crippen molar-refractivity contribution in [2.45, 2.75) is 24.9 Å². The number of rotatable bonds is 7. The first-order valence-electron chi connectivity index (χ1n) is 8.46. The van der Waals surface area contributed by atoms with Crippen molar-refractivity contribution < 1.29 is 27.8 Å². The molecule has 154 valence electrons. The number of alkyl halides is 3. The number of halogens is 4. The summed E-state index contributed by atoms with van der Waals surface area (Å²) in [7, 11) is 1.21. The molecule has 2 unspecified atom stereocenters. The van der Waals surface area contributed by atoms with E-state index in [4.69, 9.17) is 21.1 Å². The number of ether oxygens (including phenoxy) is 2. The molecule has 0 saturated heterocycles. The molecular formula is C19H17ClF3N3O3. The maximum absolute atomic E-state index is 13.8. The van der Waals surface area contributed by atoms with E-state index in [9.17, 15) is 18.3 Å². The summed E-state index contributed by atoms with van der Waals surface area (Å²) in [6.07, 6.45) is -3.56. The first-order valence-corrected chi connectivity index (χ1v) is 8.83. The molecule has 2 atom stereocenters. The molecule has 0 saturated carbocycles. The van der Waals surface area contributed by atoms with Gasteiger partial charge in [-0.3, -0.25) is 4.68 Å². The van der Waals surface area contributed by atoms with Gasteiger partial charge >= 0.3 is 6.18 Å². The third-order valence-corrected chi connectivity index (χ3v) is 4.47. The van der Waals surface area contributed by atoms with Crippen molar-refractivity contribution >= 4 is 11.6 Å². The van der Waals surface area contributed by atoms with Gasteiger partial charge in [0.2, 0.25) is 0 Å². The zero-order valence-electron chi connectivity index (χ0n) is 15.2. The monoisotopic (exact) mass is 427 g/mol. The first-order chi connectivity index (χ1) is 13.8. The SMILES string of the molecule is COC(O)C(Cn1cncn1)c1ccc(Oc2ccc(Cl)cc2)cc1C(F)(F)F. The molecule has 3 aromatic rings. The number of aliphatic hydroxyl groups is 1. The lowest BCUT2D eigenvalue weighted by Crippen LogP contribution is -2.27. The van der Waals surface area contributed by atoms with Crippen molar-refractivity contribution in [3.63, 3.8) is 0 Å². The summed E-state index contributed by atoms with van der Waals surface area (Å²) in [5.74, 6) is -0.705. The maximum Gasteiger partial charge on any atom is 0.416 e. The Kier molecular flexibility index (Phi) is 6.41. The van der Waals surface area contributed by atoms with Crippen LogP contribution in [0.2, 0.25) is 5.02 Å². The summed E-state index contributed by atoms with van der Waals surface area (Å²) in [6.45, 7) is -0.0600. The van der Waals surface area contributed by atoms with Crippen LogP contribution < -0.4 is 4.74 Å². The standard InChI is InChI=1S/C19H17ClF3N3O3/c1-28-18(27)16(9-26-11-24-10-25-26)15-7-6-14(8-17(15)19(21,22)23)29-13-4-2-12(20)3-5-13/h2-8,10-11,16,18,27H,9H2,1H3. The molecule has 0 aliphatic carbocycles. The fraction of sp³-hybridized carbons (Fsp3) is 0.263. The number of benzene rings is 2. The Bertz CT molecular complexity index is 934. The van der Waals surface area contributed by atoms with Gasteiger partial charge in [-0.15, -0.1) is 0 Å². The van der Waals surface area contributed by atoms with Gasteiger partial charge in [0, 0.05) is 12.1 Å². The molecular weight excluding hydrogens is 411 g/mol. The van der Waals surface area contributed by atoms with Crippen LogP contribution in [-0.2, 0) is 17.5 Å². The maximum atomic E-state index is 13.8. The van der Waals surface area contributed by atoms with Gasteiger partial charge in [0.05, 0.1) is 18.0 Å². The molecule has 6 nitrogen and oxygen atoms in total. The highest BCUT2D eigenvalue weighted by Gasteiger charge is 2.38. The lowest BCUT2D eigenvalue weighted by molar-refractivity contribution is -0.140. The molecule has 29 heavy (non-hydrogen) atoms. The van der Waals surface area contributed by atoms with Crippen molar-refractivity contribution in [1.82, 2.24) is 14.8 Å². The molecule has 0 spiro atoms. The second-order valence-electron chi connectivity index (χ2n) is 6.15. The van der Waals surface area contributed by atoms with Gasteiger partial charge in [0.15, 0.2) is 6.29 Å². The van der Waals surface area contributed by atoms with E-state index in [1.54, 1.807) is 24.3 Å². The summed E-state index contributed by atoms with van der Waals surface area (Å²) in [5.41, 5.74) is -1.09. The van der Waals surface area contributed by atoms with E-state index < -0.39 is 23.9 Å². The lowest BCUT2D eigenvalue weighted by Gasteiger charge is -2.25. The number of methoxy groups -OCH3 is 1. The van der Waals surface area contributed by atoms with Crippen LogP contribution in [0.4, 0.5) is 13.2 Å². The largest absolute Gasteiger partial charge is 0.457 e. The van der Waals surface area contributed by atoms with Gasteiger partial charge in [0.25, 0.3) is 0 Å². The fourth-order valence-electron chi connectivity index (χ4n) is 2.84. The van der Waals surface area contributed by atoms with Crippen LogP contribution in [0.3, 0.4) is 0 Å². The minimum atomic E-state index is -4.68. The van der Waals surface area contributed by atoms with E-state index in [0.29, 0.717) is 10.8 Å². The predicted molar refractivity (Wildman–Crippen MR) is 98.7 cm³/mol. The number of aliphatic hydroxyl groups excluding tert-OH is 1. The van der Waals surface area contributed by atoms with E-state index in [1.807, 2.05) is 0 Å². The average molecular weight is 428 g/mol. The van der Waals surface area contributed by atoms with Crippen molar-refractivity contribution in [3.05, 3.63) is 71.3 Å². The van der Waals surface area contributed by atoms with Crippen LogP contribution in [0.5, 0.6) is 11.5 Å². The van der Waals surface area contributed by atoms with Crippen molar-refractivity contribution in [2.75, 3.05) is 7.11 Å². The van der Waals surface area contributed by atoms with Crippen molar-refractivity contribution in [2.24, 2.45) is 0 Å². The van der Waals surface area contributed by atoms with Crippen LogP contribution in [0.1, 0.15) is 17.0 Å². The Labute approximate surface area is 169 Å². The minimum Gasteiger partial charge on any atom is -0.457 e. The quantitative estimate of drug-likeness (QED) is 0.562. The van der Waals surface area contributed by atoms with E-state index in [-0.39, 0.29) is 17.9 Å². The molecule has 0 bridgehead atoms. The predicted octanol–water partition coefficient (Wildman–Crippen LogP) is 4.49. The summed E-state index contributed by atoms with van der Waals surface area (Å²) in [5, 5.41) is 14.6. The Hall–Kier alpha value is -2.62. The van der Waals surface area contributed by atoms with Crippen LogP contribution in [0, 0.1) is 0 Å². The molecule has 0 aliphatic rings. The molecule has 0 aliphatic heterocycles. The summed E-state index contributed by atoms with van der Waals surface area (Å²) < 4.78 is 53.1. The van der Waals surface area contributed by atoms with Gasteiger partial charge in [-0.25, -0.2) is 4.98 Å². The van der Waals surface area contributed by atoms with Gasteiger partial charge in [-0.2, -0.15) is 18.3 Å². The molecule has 0 amide bonds. The number of hydrogen-bond acceptors (Lipinski definition) is 5. The van der Waals surface area contributed by atoms with E-state index >= 15 is 0 Å². The fourth-order valence-corrected chi connectivity index (χ4v) is 2.97. The molecule has 1 N–H and O–H groups in total. The van der Waals surface area contributed by atoms with E-state index in [1.165, 1.54) is 36.6 Å². The minimum absolute atomic E-state index is 0.00481. The van der Waals surface area contributed by atoms with Crippen molar-refractivity contribution in [3.8, 4) is 11.5 Å². The summed E-state index contributed by atoms with van der Waals surface area (Å²) in [4.78, 5) is 3.77. The first kappa shape index (κ1) is 21.1. The van der Waals surface area contributed by atoms with Crippen LogP contribution in [-0.4, -0.2) is 33.3 Å². The van der Waals surface area contributed by atoms with Gasteiger partial charge in [-0.05, 0) is 42.0 Å². The van der Waals surface area contributed by atoms with Gasteiger partial charge < -0.3 is 14.6 Å². The Balaban J connectivity index is 1.98. The highest BCUT2D eigenvalue weighted by molar-refractivity contribution is 6.30. The normalized spacial score (nSPS) is 13.9. The molecule has 1 aromatic heterocycles. The molecule has 10 heteroatoms. The second kappa shape index (κ2) is 8.81. The molecule has 3 rings (SSSR count). The zero-order chi connectivity index (χ0) is 21.0. The Morgan fingerprint density at radius 2 is 1.83 bits per heavy atom. The van der Waals surface area contributed by atoms with Gasteiger partial charge in [-0.1, -0.05) is 17.7 Å². The average Bonchev–Trinajstić information content (AvgIpc) is 3.20. The smallest absolute Gasteiger partial charge is 0.416 e. The number of aromatic nitrogens is 3. The van der Waals surface area contributed by atoms with Crippen molar-refractivity contribution in [1.29, 1.82) is 0 Å². The Morgan fingerprint density at radius 3 is 2.41 bits per heavy atom. The van der Waals surface area contributed by atoms with E-state index in [2.05, 4.69) is 10.1 Å². The summed E-state index contributed by atoms with van der Waals surface area (Å²) >= 11 is 5.81. The molecule has 0 fully saturated rings. The second-order valence-corrected chi connectivity index (χ2v) is 6.59. The topological polar surface area (TPSA) is 69.4 Å². The third-order valence-electron chi connectivity index (χ3n) is 4.22. The molecule has 1 heterocycles. The van der Waals surface area contributed by atoms with E-state index in [0.717, 1.165) is 6.07 Å².